The first-order chi connectivity index (χ1) is 5.52. The van der Waals surface area contributed by atoms with Crippen molar-refractivity contribution >= 4 is 16.1 Å². The Balaban J connectivity index is 4.07. The van der Waals surface area contributed by atoms with E-state index in [0.29, 0.717) is 0 Å². The van der Waals surface area contributed by atoms with Gasteiger partial charge in [-0.1, -0.05) is 5.92 Å². The summed E-state index contributed by atoms with van der Waals surface area (Å²) in [6.07, 6.45) is 4.74. The summed E-state index contributed by atoms with van der Waals surface area (Å²) >= 11 is 0. The Hall–Kier alpha value is -1.06. The van der Waals surface area contributed by atoms with Crippen molar-refractivity contribution in [2.24, 2.45) is 0 Å². The van der Waals surface area contributed by atoms with Gasteiger partial charge in [-0.15, -0.1) is 6.42 Å². The van der Waals surface area contributed by atoms with Crippen molar-refractivity contribution in [3.63, 3.8) is 0 Å². The summed E-state index contributed by atoms with van der Waals surface area (Å²) in [6, 6.07) is 0. The van der Waals surface area contributed by atoms with Gasteiger partial charge in [0.2, 0.25) is 0 Å². The Morgan fingerprint density at radius 2 is 2.17 bits per heavy atom. The molecule has 0 heterocycles. The number of esters is 1. The first-order valence-electron chi connectivity index (χ1n) is 2.89. The van der Waals surface area contributed by atoms with Gasteiger partial charge in [-0.05, 0) is 0 Å². The van der Waals surface area contributed by atoms with Gasteiger partial charge in [-0.2, -0.15) is 8.42 Å². The molecule has 0 radical (unpaired) electrons. The van der Waals surface area contributed by atoms with E-state index in [0.717, 1.165) is 7.11 Å². The third-order valence-electron chi connectivity index (χ3n) is 0.844. The minimum atomic E-state index is -3.87. The van der Waals surface area contributed by atoms with Crippen LogP contribution < -0.4 is 0 Å². The van der Waals surface area contributed by atoms with Crippen molar-refractivity contribution in [1.29, 1.82) is 0 Å². The van der Waals surface area contributed by atoms with E-state index < -0.39 is 21.8 Å². The van der Waals surface area contributed by atoms with Gasteiger partial charge in [0.25, 0.3) is 10.1 Å². The predicted octanol–water partition coefficient (Wildman–Crippen LogP) is -0.861. The fourth-order valence-corrected chi connectivity index (χ4v) is 1.11. The average molecular weight is 192 g/mol. The molecule has 0 aromatic heterocycles. The molecule has 12 heavy (non-hydrogen) atoms. The lowest BCUT2D eigenvalue weighted by molar-refractivity contribution is -0.137. The van der Waals surface area contributed by atoms with E-state index in [2.05, 4.69) is 8.92 Å². The maximum absolute atomic E-state index is 10.7. The summed E-state index contributed by atoms with van der Waals surface area (Å²) in [4.78, 5) is 10.5. The van der Waals surface area contributed by atoms with Crippen molar-refractivity contribution in [1.82, 2.24) is 0 Å². The molecular formula is C6H8O5S. The van der Waals surface area contributed by atoms with Gasteiger partial charge in [0.1, 0.15) is 6.61 Å². The van der Waals surface area contributed by atoms with E-state index in [1.165, 1.54) is 0 Å². The fourth-order valence-electron chi connectivity index (χ4n) is 0.369. The summed E-state index contributed by atoms with van der Waals surface area (Å²) in [5.41, 5.74) is 0. The van der Waals surface area contributed by atoms with Crippen LogP contribution in [0.15, 0.2) is 0 Å². The van der Waals surface area contributed by atoms with E-state index in [1.54, 1.807) is 0 Å². The molecule has 0 unspecified atom stereocenters. The number of carbonyl (C=O) groups excluding carboxylic acids is 1. The van der Waals surface area contributed by atoms with Crippen molar-refractivity contribution in [2.45, 2.75) is 0 Å². The lowest BCUT2D eigenvalue weighted by Gasteiger charge is -2.00. The van der Waals surface area contributed by atoms with Crippen LogP contribution in [0.5, 0.6) is 0 Å². The van der Waals surface area contributed by atoms with Crippen LogP contribution in [0, 0.1) is 12.3 Å². The Morgan fingerprint density at radius 1 is 1.58 bits per heavy atom. The van der Waals surface area contributed by atoms with Gasteiger partial charge in [-0.25, -0.2) is 0 Å². The van der Waals surface area contributed by atoms with E-state index in [1.807, 2.05) is 5.92 Å². The van der Waals surface area contributed by atoms with Gasteiger partial charge < -0.3 is 4.74 Å². The lowest BCUT2D eigenvalue weighted by Crippen LogP contribution is -2.19. The van der Waals surface area contributed by atoms with E-state index in [9.17, 15) is 13.2 Å². The van der Waals surface area contributed by atoms with Crippen LogP contribution in [0.3, 0.4) is 0 Å². The molecule has 0 aromatic carbocycles. The lowest BCUT2D eigenvalue weighted by atomic mass is 10.8. The van der Waals surface area contributed by atoms with Gasteiger partial charge in [0.05, 0.1) is 7.11 Å². The standard InChI is InChI=1S/C6H8O5S/c1-3-4-11-12(8,9)5-6(7)10-2/h1H,4-5H2,2H3. The van der Waals surface area contributed by atoms with Crippen LogP contribution in [0.2, 0.25) is 0 Å². The molecule has 6 heteroatoms. The highest BCUT2D eigenvalue weighted by Crippen LogP contribution is 1.93. The van der Waals surface area contributed by atoms with Gasteiger partial charge >= 0.3 is 5.97 Å². The molecule has 0 aliphatic heterocycles. The monoisotopic (exact) mass is 192 g/mol. The molecule has 0 amide bonds. The Labute approximate surface area is 70.8 Å². The molecule has 0 saturated carbocycles. The normalized spacial score (nSPS) is 10.3. The summed E-state index contributed by atoms with van der Waals surface area (Å²) in [7, 11) is -2.79. The number of hydrogen-bond donors (Lipinski definition) is 0. The predicted molar refractivity (Wildman–Crippen MR) is 40.6 cm³/mol. The maximum atomic E-state index is 10.7. The Kier molecular flexibility index (Phi) is 4.33. The minimum absolute atomic E-state index is 0.376. The van der Waals surface area contributed by atoms with Crippen LogP contribution in [-0.2, 0) is 23.8 Å². The maximum Gasteiger partial charge on any atom is 0.323 e. The van der Waals surface area contributed by atoms with Crippen LogP contribution in [0.4, 0.5) is 0 Å². The van der Waals surface area contributed by atoms with Crippen LogP contribution >= 0.6 is 0 Å². The topological polar surface area (TPSA) is 69.7 Å². The Bertz CT molecular complexity index is 284. The summed E-state index contributed by atoms with van der Waals surface area (Å²) < 4.78 is 29.8. The highest BCUT2D eigenvalue weighted by molar-refractivity contribution is 7.87. The number of terminal acetylenes is 1. The second-order valence-electron chi connectivity index (χ2n) is 1.74. The third-order valence-corrected chi connectivity index (χ3v) is 1.91. The number of hydrogen-bond acceptors (Lipinski definition) is 5. The molecule has 0 rings (SSSR count). The van der Waals surface area contributed by atoms with Crippen molar-refractivity contribution in [2.75, 3.05) is 19.5 Å². The molecular weight excluding hydrogens is 184 g/mol. The van der Waals surface area contributed by atoms with Gasteiger partial charge in [-0.3, -0.25) is 8.98 Å². The van der Waals surface area contributed by atoms with Gasteiger partial charge in [0.15, 0.2) is 5.75 Å². The zero-order chi connectivity index (χ0) is 9.61. The highest BCUT2D eigenvalue weighted by Gasteiger charge is 2.16. The van der Waals surface area contributed by atoms with Crippen molar-refractivity contribution in [3.05, 3.63) is 0 Å². The average Bonchev–Trinajstić information content (AvgIpc) is 2.00. The first kappa shape index (κ1) is 10.9. The summed E-state index contributed by atoms with van der Waals surface area (Å²) in [5.74, 6) is 0.265. The number of ether oxygens (including phenoxy) is 1. The minimum Gasteiger partial charge on any atom is -0.468 e. The number of carbonyl (C=O) groups is 1. The molecule has 0 atom stereocenters. The van der Waals surface area contributed by atoms with Crippen molar-refractivity contribution in [3.8, 4) is 12.3 Å². The molecule has 0 N–H and O–H groups in total. The summed E-state index contributed by atoms with van der Waals surface area (Å²) in [6.45, 7) is -0.376. The number of methoxy groups -OCH3 is 1. The quantitative estimate of drug-likeness (QED) is 0.329. The van der Waals surface area contributed by atoms with E-state index >= 15 is 0 Å². The molecule has 0 spiro atoms. The largest absolute Gasteiger partial charge is 0.468 e. The van der Waals surface area contributed by atoms with Crippen LogP contribution in [-0.4, -0.2) is 33.9 Å². The van der Waals surface area contributed by atoms with Gasteiger partial charge in [0, 0.05) is 0 Å². The number of rotatable bonds is 4. The molecule has 68 valence electrons. The molecule has 0 aliphatic rings. The smallest absolute Gasteiger partial charge is 0.323 e. The zero-order valence-corrected chi connectivity index (χ0v) is 7.26. The fraction of sp³-hybridized carbons (Fsp3) is 0.500. The molecule has 0 fully saturated rings. The van der Waals surface area contributed by atoms with Crippen LogP contribution in [0.25, 0.3) is 0 Å². The second-order valence-corrected chi connectivity index (χ2v) is 3.38. The second kappa shape index (κ2) is 4.74. The Morgan fingerprint density at radius 3 is 2.58 bits per heavy atom. The molecule has 5 nitrogen and oxygen atoms in total. The van der Waals surface area contributed by atoms with E-state index in [4.69, 9.17) is 6.42 Å². The summed E-state index contributed by atoms with van der Waals surface area (Å²) in [5, 5.41) is 0. The molecule has 0 bridgehead atoms. The molecule has 0 aliphatic carbocycles. The van der Waals surface area contributed by atoms with E-state index in [-0.39, 0.29) is 6.61 Å². The zero-order valence-electron chi connectivity index (χ0n) is 6.44. The molecule has 0 saturated heterocycles. The highest BCUT2D eigenvalue weighted by atomic mass is 32.2. The first-order valence-corrected chi connectivity index (χ1v) is 4.47. The van der Waals surface area contributed by atoms with Crippen molar-refractivity contribution < 1.29 is 22.1 Å². The SMILES string of the molecule is C#CCOS(=O)(=O)CC(=O)OC. The third kappa shape index (κ3) is 4.71. The molecule has 0 aromatic rings. The van der Waals surface area contributed by atoms with Crippen LogP contribution in [0.1, 0.15) is 0 Å².